The van der Waals surface area contributed by atoms with Crippen LogP contribution in [-0.4, -0.2) is 41.1 Å². The van der Waals surface area contributed by atoms with E-state index in [1.807, 2.05) is 24.3 Å². The summed E-state index contributed by atoms with van der Waals surface area (Å²) in [5.41, 5.74) is 1.19. The van der Waals surface area contributed by atoms with Gasteiger partial charge in [0, 0.05) is 6.04 Å². The molecule has 0 bridgehead atoms. The fourth-order valence-corrected chi connectivity index (χ4v) is 4.15. The van der Waals surface area contributed by atoms with E-state index >= 15 is 0 Å². The molecule has 5 nitrogen and oxygen atoms in total. The third-order valence-electron chi connectivity index (χ3n) is 5.80. The van der Waals surface area contributed by atoms with Crippen molar-refractivity contribution < 1.29 is 14.3 Å². The lowest BCUT2D eigenvalue weighted by atomic mass is 9.75. The van der Waals surface area contributed by atoms with Crippen molar-refractivity contribution in [3.05, 3.63) is 59.5 Å². The lowest BCUT2D eigenvalue weighted by molar-refractivity contribution is 0.0236. The molecule has 4 rings (SSSR count). The molecule has 2 heterocycles. The number of rotatable bonds is 7. The molecule has 0 spiro atoms. The maximum atomic E-state index is 12.7. The smallest absolute Gasteiger partial charge is 0.287 e. The normalized spacial score (nSPS) is 23.7. The van der Waals surface area contributed by atoms with Gasteiger partial charge in [-0.15, -0.1) is 0 Å². The highest BCUT2D eigenvalue weighted by Gasteiger charge is 2.35. The number of likely N-dealkylation sites (tertiary alicyclic amines) is 1. The van der Waals surface area contributed by atoms with Crippen molar-refractivity contribution in [2.75, 3.05) is 13.1 Å². The molecule has 2 fully saturated rings. The van der Waals surface area contributed by atoms with E-state index in [4.69, 9.17) is 4.42 Å². The zero-order valence-electron chi connectivity index (χ0n) is 15.6. The minimum absolute atomic E-state index is 0.00966. The Morgan fingerprint density at radius 1 is 1.15 bits per heavy atom. The number of hydrogen-bond acceptors (Lipinski definition) is 4. The predicted molar refractivity (Wildman–Crippen MR) is 103 cm³/mol. The van der Waals surface area contributed by atoms with Gasteiger partial charge < -0.3 is 14.8 Å². The molecular weight excluding hydrogens is 340 g/mol. The minimum Gasteiger partial charge on any atom is -0.455 e. The van der Waals surface area contributed by atoms with Crippen LogP contribution in [0.3, 0.4) is 0 Å². The van der Waals surface area contributed by atoms with E-state index in [1.165, 1.54) is 18.4 Å². The fraction of sp³-hybridized carbons (Fsp3) is 0.500. The zero-order chi connectivity index (χ0) is 18.6. The summed E-state index contributed by atoms with van der Waals surface area (Å²) in [5, 5.41) is 12.8. The molecule has 5 heteroatoms. The van der Waals surface area contributed by atoms with Crippen LogP contribution in [-0.2, 0) is 13.0 Å². The topological polar surface area (TPSA) is 65.7 Å². The van der Waals surface area contributed by atoms with E-state index < -0.39 is 0 Å². The molecule has 1 amide bonds. The van der Waals surface area contributed by atoms with Crippen molar-refractivity contribution in [2.45, 2.75) is 50.8 Å². The van der Waals surface area contributed by atoms with Gasteiger partial charge in [0.15, 0.2) is 5.76 Å². The van der Waals surface area contributed by atoms with Crippen molar-refractivity contribution >= 4 is 5.91 Å². The third kappa shape index (κ3) is 4.60. The van der Waals surface area contributed by atoms with E-state index in [0.717, 1.165) is 44.7 Å². The highest BCUT2D eigenvalue weighted by Crippen LogP contribution is 2.32. The fourth-order valence-electron chi connectivity index (χ4n) is 4.15. The van der Waals surface area contributed by atoms with Crippen LogP contribution in [0.4, 0.5) is 0 Å². The number of carbonyl (C=O) groups is 1. The molecule has 2 aliphatic rings. The highest BCUT2D eigenvalue weighted by molar-refractivity contribution is 5.91. The highest BCUT2D eigenvalue weighted by atomic mass is 16.4. The summed E-state index contributed by atoms with van der Waals surface area (Å²) in [5.74, 6) is 1.37. The average molecular weight is 368 g/mol. The van der Waals surface area contributed by atoms with Crippen LogP contribution in [0.5, 0.6) is 0 Å². The molecule has 2 N–H and O–H groups in total. The largest absolute Gasteiger partial charge is 0.455 e. The third-order valence-corrected chi connectivity index (χ3v) is 5.80. The Bertz CT molecular complexity index is 746. The maximum Gasteiger partial charge on any atom is 0.287 e. The summed E-state index contributed by atoms with van der Waals surface area (Å²) in [6.07, 6.45) is 4.50. The van der Waals surface area contributed by atoms with Crippen LogP contribution in [0.15, 0.2) is 46.9 Å². The molecule has 0 unspecified atom stereocenters. The monoisotopic (exact) mass is 368 g/mol. The van der Waals surface area contributed by atoms with E-state index in [2.05, 4.69) is 22.3 Å². The Morgan fingerprint density at radius 2 is 1.89 bits per heavy atom. The van der Waals surface area contributed by atoms with E-state index in [9.17, 15) is 9.90 Å². The van der Waals surface area contributed by atoms with E-state index in [-0.39, 0.29) is 18.1 Å². The molecule has 144 valence electrons. The molecule has 1 saturated carbocycles. The first-order chi connectivity index (χ1) is 13.2. The van der Waals surface area contributed by atoms with Crippen LogP contribution in [0.2, 0.25) is 0 Å². The van der Waals surface area contributed by atoms with Crippen molar-refractivity contribution in [1.82, 2.24) is 10.2 Å². The molecular formula is C22H28N2O3. The summed E-state index contributed by atoms with van der Waals surface area (Å²) in [4.78, 5) is 15.1. The van der Waals surface area contributed by atoms with E-state index in [1.54, 1.807) is 6.07 Å². The quantitative estimate of drug-likeness (QED) is 0.789. The van der Waals surface area contributed by atoms with Crippen LogP contribution >= 0.6 is 0 Å². The van der Waals surface area contributed by atoms with E-state index in [0.29, 0.717) is 11.7 Å². The molecule has 1 atom stereocenters. The van der Waals surface area contributed by atoms with Gasteiger partial charge in [0.05, 0.1) is 12.6 Å². The Hall–Kier alpha value is -2.11. The van der Waals surface area contributed by atoms with Gasteiger partial charge in [0.1, 0.15) is 5.76 Å². The molecule has 1 aromatic heterocycles. The second-order valence-electron chi connectivity index (χ2n) is 7.90. The molecule has 1 aliphatic heterocycles. The van der Waals surface area contributed by atoms with Crippen molar-refractivity contribution in [3.8, 4) is 0 Å². The van der Waals surface area contributed by atoms with Crippen LogP contribution in [0.1, 0.15) is 47.6 Å². The Morgan fingerprint density at radius 3 is 2.59 bits per heavy atom. The summed E-state index contributed by atoms with van der Waals surface area (Å²) < 4.78 is 5.81. The molecule has 1 aliphatic carbocycles. The van der Waals surface area contributed by atoms with Gasteiger partial charge in [-0.1, -0.05) is 30.3 Å². The van der Waals surface area contributed by atoms with Crippen LogP contribution in [0.25, 0.3) is 0 Å². The summed E-state index contributed by atoms with van der Waals surface area (Å²) in [6.45, 7) is 2.98. The van der Waals surface area contributed by atoms with Gasteiger partial charge >= 0.3 is 0 Å². The molecule has 0 radical (unpaired) electrons. The van der Waals surface area contributed by atoms with Gasteiger partial charge in [-0.2, -0.15) is 0 Å². The van der Waals surface area contributed by atoms with Crippen LogP contribution < -0.4 is 5.32 Å². The predicted octanol–water partition coefficient (Wildman–Crippen LogP) is 2.99. The van der Waals surface area contributed by atoms with Gasteiger partial charge in [0.2, 0.25) is 0 Å². The summed E-state index contributed by atoms with van der Waals surface area (Å²) in [6, 6.07) is 13.9. The average Bonchev–Trinajstić information content (AvgIpc) is 3.32. The van der Waals surface area contributed by atoms with Gasteiger partial charge in [0.25, 0.3) is 5.91 Å². The minimum atomic E-state index is -0.235. The number of nitrogens with one attached hydrogen (secondary N) is 1. The number of carbonyl (C=O) groups excluding carboxylic acids is 1. The molecule has 27 heavy (non-hydrogen) atoms. The second kappa shape index (κ2) is 8.28. The van der Waals surface area contributed by atoms with Crippen molar-refractivity contribution in [1.29, 1.82) is 0 Å². The number of furan rings is 1. The van der Waals surface area contributed by atoms with Crippen LogP contribution in [0, 0.1) is 5.92 Å². The zero-order valence-corrected chi connectivity index (χ0v) is 15.6. The Balaban J connectivity index is 1.39. The van der Waals surface area contributed by atoms with Crippen molar-refractivity contribution in [3.63, 3.8) is 0 Å². The molecule has 1 saturated heterocycles. The Labute approximate surface area is 160 Å². The second-order valence-corrected chi connectivity index (χ2v) is 7.90. The lowest BCUT2D eigenvalue weighted by Crippen LogP contribution is -2.48. The lowest BCUT2D eigenvalue weighted by Gasteiger charge is -2.38. The first-order valence-electron chi connectivity index (χ1n) is 10.0. The van der Waals surface area contributed by atoms with Gasteiger partial charge in [-0.05, 0) is 68.8 Å². The summed E-state index contributed by atoms with van der Waals surface area (Å²) in [7, 11) is 0. The maximum absolute atomic E-state index is 12.7. The van der Waals surface area contributed by atoms with Gasteiger partial charge in [-0.3, -0.25) is 9.69 Å². The standard InChI is InChI=1S/C22H28N2O3/c25-18-13-17(14-18)20(12-16-6-2-1-3-7-16)23-22(26)21-9-8-19(27-21)15-24-10-4-5-11-24/h1-3,6-9,17-18,20,25H,4-5,10-15H2,(H,23,26)/t17?,18?,20-/m1/s1. The number of benzene rings is 1. The number of aliphatic hydroxyl groups excluding tert-OH is 1. The van der Waals surface area contributed by atoms with Crippen molar-refractivity contribution in [2.24, 2.45) is 5.92 Å². The Kier molecular flexibility index (Phi) is 5.60. The summed E-state index contributed by atoms with van der Waals surface area (Å²) >= 11 is 0. The number of hydrogen-bond donors (Lipinski definition) is 2. The number of aliphatic hydroxyl groups is 1. The molecule has 1 aromatic carbocycles. The SMILES string of the molecule is O=C(N[C@H](Cc1ccccc1)C1CC(O)C1)c1ccc(CN2CCCC2)o1. The number of nitrogens with zero attached hydrogens (tertiary/aromatic N) is 1. The first kappa shape index (κ1) is 18.3. The number of amides is 1. The van der Waals surface area contributed by atoms with Gasteiger partial charge in [-0.25, -0.2) is 0 Å². The molecule has 2 aromatic rings. The first-order valence-corrected chi connectivity index (χ1v) is 10.0.